The van der Waals surface area contributed by atoms with Gasteiger partial charge in [0.15, 0.2) is 0 Å². The van der Waals surface area contributed by atoms with Crippen molar-refractivity contribution in [1.29, 1.82) is 0 Å². The Balaban J connectivity index is 1.88. The minimum absolute atomic E-state index is 0.665. The van der Waals surface area contributed by atoms with E-state index in [9.17, 15) is 0 Å². The van der Waals surface area contributed by atoms with Crippen molar-refractivity contribution in [3.8, 4) is 0 Å². The van der Waals surface area contributed by atoms with Crippen molar-refractivity contribution in [2.45, 2.75) is 5.54 Å². The van der Waals surface area contributed by atoms with E-state index in [2.05, 4.69) is 72.0 Å². The maximum Gasteiger partial charge on any atom is 0.140 e. The summed E-state index contributed by atoms with van der Waals surface area (Å²) in [5.41, 5.74) is 11.6. The highest BCUT2D eigenvalue weighted by Crippen LogP contribution is 2.46. The lowest BCUT2D eigenvalue weighted by Crippen LogP contribution is -2.36. The van der Waals surface area contributed by atoms with Crippen molar-refractivity contribution in [3.05, 3.63) is 131 Å². The summed E-state index contributed by atoms with van der Waals surface area (Å²) in [5, 5.41) is 3.52. The van der Waals surface area contributed by atoms with Gasteiger partial charge in [-0.25, -0.2) is 4.99 Å². The molecule has 3 heteroatoms. The minimum atomic E-state index is -0.665. The van der Waals surface area contributed by atoms with Crippen LogP contribution in [0.4, 0.5) is 11.4 Å². The number of para-hydroxylation sites is 2. The lowest BCUT2D eigenvalue weighted by molar-refractivity contribution is 0.652. The van der Waals surface area contributed by atoms with Gasteiger partial charge in [-0.3, -0.25) is 0 Å². The summed E-state index contributed by atoms with van der Waals surface area (Å²) >= 11 is 0. The predicted molar refractivity (Wildman–Crippen MR) is 120 cm³/mol. The van der Waals surface area contributed by atoms with Gasteiger partial charge in [-0.15, -0.1) is 0 Å². The van der Waals surface area contributed by atoms with Crippen molar-refractivity contribution in [1.82, 2.24) is 0 Å². The van der Waals surface area contributed by atoms with Gasteiger partial charge in [0.2, 0.25) is 0 Å². The maximum atomic E-state index is 6.32. The van der Waals surface area contributed by atoms with Gasteiger partial charge in [-0.1, -0.05) is 91.0 Å². The molecule has 0 unspecified atom stereocenters. The van der Waals surface area contributed by atoms with Gasteiger partial charge in [0.05, 0.1) is 0 Å². The zero-order valence-corrected chi connectivity index (χ0v) is 15.9. The third kappa shape index (κ3) is 2.79. The van der Waals surface area contributed by atoms with Crippen LogP contribution in [0.5, 0.6) is 0 Å². The monoisotopic (exact) mass is 375 g/mol. The topological polar surface area (TPSA) is 50.4 Å². The molecule has 3 nitrogen and oxygen atoms in total. The van der Waals surface area contributed by atoms with Crippen LogP contribution in [0.1, 0.15) is 22.3 Å². The fourth-order valence-electron chi connectivity index (χ4n) is 4.10. The lowest BCUT2D eigenvalue weighted by atomic mass is 9.76. The SMILES string of the molecule is Nc1ccccc1C1=NC(c2ccccc2)(c2ccccc2)c2ccccc2N1. The zero-order chi connectivity index (χ0) is 19.7. The van der Waals surface area contributed by atoms with Gasteiger partial charge in [0.1, 0.15) is 11.4 Å². The molecule has 0 radical (unpaired) electrons. The van der Waals surface area contributed by atoms with E-state index >= 15 is 0 Å². The third-order valence-corrected chi connectivity index (χ3v) is 5.45. The first kappa shape index (κ1) is 17.3. The molecule has 1 aliphatic heterocycles. The van der Waals surface area contributed by atoms with Crippen LogP contribution < -0.4 is 11.1 Å². The van der Waals surface area contributed by atoms with Crippen LogP contribution in [0.15, 0.2) is 114 Å². The van der Waals surface area contributed by atoms with E-state index in [1.54, 1.807) is 0 Å². The highest BCUT2D eigenvalue weighted by molar-refractivity contribution is 6.13. The molecule has 140 valence electrons. The lowest BCUT2D eigenvalue weighted by Gasteiger charge is -2.38. The summed E-state index contributed by atoms with van der Waals surface area (Å²) < 4.78 is 0. The molecule has 0 saturated carbocycles. The van der Waals surface area contributed by atoms with Crippen molar-refractivity contribution < 1.29 is 0 Å². The summed E-state index contributed by atoms with van der Waals surface area (Å²) in [4.78, 5) is 5.35. The molecular formula is C26H21N3. The number of anilines is 2. The van der Waals surface area contributed by atoms with Gasteiger partial charge in [-0.05, 0) is 29.3 Å². The number of amidine groups is 1. The van der Waals surface area contributed by atoms with Crippen LogP contribution in [0.25, 0.3) is 0 Å². The molecule has 0 atom stereocenters. The van der Waals surface area contributed by atoms with Crippen molar-refractivity contribution in [2.75, 3.05) is 11.1 Å². The molecule has 0 aromatic heterocycles. The van der Waals surface area contributed by atoms with E-state index in [4.69, 9.17) is 10.7 Å². The van der Waals surface area contributed by atoms with Crippen molar-refractivity contribution in [3.63, 3.8) is 0 Å². The van der Waals surface area contributed by atoms with Gasteiger partial charge < -0.3 is 11.1 Å². The van der Waals surface area contributed by atoms with Crippen LogP contribution in [0.3, 0.4) is 0 Å². The quantitative estimate of drug-likeness (QED) is 0.469. The van der Waals surface area contributed by atoms with Crippen LogP contribution in [-0.2, 0) is 5.54 Å². The first-order valence-electron chi connectivity index (χ1n) is 9.71. The van der Waals surface area contributed by atoms with Crippen LogP contribution in [-0.4, -0.2) is 5.84 Å². The molecule has 0 fully saturated rings. The van der Waals surface area contributed by atoms with Gasteiger partial charge in [-0.2, -0.15) is 0 Å². The second kappa shape index (κ2) is 6.95. The minimum Gasteiger partial charge on any atom is -0.398 e. The van der Waals surface area contributed by atoms with E-state index in [-0.39, 0.29) is 0 Å². The number of fused-ring (bicyclic) bond motifs is 1. The number of rotatable bonds is 3. The molecule has 3 N–H and O–H groups in total. The van der Waals surface area contributed by atoms with Crippen LogP contribution >= 0.6 is 0 Å². The number of nitrogens with two attached hydrogens (primary N) is 1. The smallest absolute Gasteiger partial charge is 0.140 e. The number of hydrogen-bond acceptors (Lipinski definition) is 3. The normalized spacial score (nSPS) is 14.4. The molecule has 29 heavy (non-hydrogen) atoms. The van der Waals surface area contributed by atoms with E-state index in [1.807, 2.05) is 42.5 Å². The molecule has 0 aliphatic carbocycles. The van der Waals surface area contributed by atoms with Gasteiger partial charge in [0, 0.05) is 22.5 Å². The van der Waals surface area contributed by atoms with E-state index in [0.717, 1.165) is 33.8 Å². The summed E-state index contributed by atoms with van der Waals surface area (Å²) in [6, 6.07) is 37.1. The van der Waals surface area contributed by atoms with Gasteiger partial charge >= 0.3 is 0 Å². The van der Waals surface area contributed by atoms with Gasteiger partial charge in [0.25, 0.3) is 0 Å². The molecule has 1 aliphatic rings. The molecule has 4 aromatic carbocycles. The summed E-state index contributed by atoms with van der Waals surface area (Å²) in [5.74, 6) is 0.773. The van der Waals surface area contributed by atoms with E-state index < -0.39 is 5.54 Å². The highest BCUT2D eigenvalue weighted by atomic mass is 15.1. The Kier molecular flexibility index (Phi) is 4.14. The Bertz CT molecular complexity index is 1140. The number of benzene rings is 4. The van der Waals surface area contributed by atoms with Crippen LogP contribution in [0.2, 0.25) is 0 Å². The fourth-order valence-corrected chi connectivity index (χ4v) is 4.10. The molecular weight excluding hydrogens is 354 g/mol. The zero-order valence-electron chi connectivity index (χ0n) is 15.9. The van der Waals surface area contributed by atoms with E-state index in [0.29, 0.717) is 5.69 Å². The second-order valence-electron chi connectivity index (χ2n) is 7.16. The molecule has 1 heterocycles. The molecule has 0 saturated heterocycles. The Morgan fingerprint density at radius 3 is 1.83 bits per heavy atom. The largest absolute Gasteiger partial charge is 0.398 e. The average Bonchev–Trinajstić information content (AvgIpc) is 2.80. The number of nitrogen functional groups attached to an aromatic ring is 1. The van der Waals surface area contributed by atoms with Crippen molar-refractivity contribution in [2.24, 2.45) is 4.99 Å². The van der Waals surface area contributed by atoms with E-state index in [1.165, 1.54) is 0 Å². The number of nitrogens with one attached hydrogen (secondary N) is 1. The number of hydrogen-bond donors (Lipinski definition) is 2. The summed E-state index contributed by atoms with van der Waals surface area (Å²) in [6.45, 7) is 0. The van der Waals surface area contributed by atoms with Crippen LogP contribution in [0, 0.1) is 0 Å². The standard InChI is InChI=1S/C26H21N3/c27-23-17-9-7-15-21(23)25-28-24-18-10-8-16-22(24)26(29-25,19-11-3-1-4-12-19)20-13-5-2-6-14-20/h1-18H,27H2,(H,28,29). The Hall–Kier alpha value is -3.85. The molecule has 0 spiro atoms. The Morgan fingerprint density at radius 2 is 1.17 bits per heavy atom. The maximum absolute atomic E-state index is 6.32. The molecule has 4 aromatic rings. The predicted octanol–water partition coefficient (Wildman–Crippen LogP) is 5.43. The second-order valence-corrected chi connectivity index (χ2v) is 7.16. The first-order chi connectivity index (χ1) is 14.3. The average molecular weight is 375 g/mol. The number of aliphatic imine (C=N–C) groups is 1. The Morgan fingerprint density at radius 1 is 0.621 bits per heavy atom. The molecule has 0 bridgehead atoms. The number of nitrogens with zero attached hydrogens (tertiary/aromatic N) is 1. The molecule has 0 amide bonds. The fraction of sp³-hybridized carbons (Fsp3) is 0.0385. The third-order valence-electron chi connectivity index (χ3n) is 5.45. The first-order valence-corrected chi connectivity index (χ1v) is 9.71. The summed E-state index contributed by atoms with van der Waals surface area (Å²) in [7, 11) is 0. The van der Waals surface area contributed by atoms with Crippen molar-refractivity contribution >= 4 is 17.2 Å². The highest BCUT2D eigenvalue weighted by Gasteiger charge is 2.41. The molecule has 5 rings (SSSR count). The Labute approximate surface area is 170 Å². The summed E-state index contributed by atoms with van der Waals surface area (Å²) in [6.07, 6.45) is 0.